The van der Waals surface area contributed by atoms with Crippen LogP contribution in [0.25, 0.3) is 0 Å². The van der Waals surface area contributed by atoms with Crippen LogP contribution in [0.1, 0.15) is 10.4 Å². The number of hydrogen-bond acceptors (Lipinski definition) is 5. The maximum Gasteiger partial charge on any atom is 0.265 e. The molecule has 2 aromatic rings. The average Bonchev–Trinajstić information content (AvgIpc) is 2.64. The Kier molecular flexibility index (Phi) is 4.65. The van der Waals surface area contributed by atoms with E-state index < -0.39 is 0 Å². The van der Waals surface area contributed by atoms with Gasteiger partial charge in [-0.05, 0) is 42.5 Å². The van der Waals surface area contributed by atoms with Gasteiger partial charge in [0.25, 0.3) is 5.91 Å². The predicted octanol–water partition coefficient (Wildman–Crippen LogP) is 1.87. The molecule has 0 atom stereocenters. The van der Waals surface area contributed by atoms with Crippen LogP contribution < -0.4 is 19.7 Å². The second-order valence-electron chi connectivity index (χ2n) is 5.39. The number of fused-ring (bicyclic) bond motifs is 1. The number of carbonyl (C=O) groups excluding carboxylic acids is 3. The molecule has 128 valence electrons. The summed E-state index contributed by atoms with van der Waals surface area (Å²) in [6.45, 7) is -0.327. The van der Waals surface area contributed by atoms with Gasteiger partial charge in [-0.2, -0.15) is 0 Å². The van der Waals surface area contributed by atoms with E-state index in [9.17, 15) is 14.4 Å². The zero-order chi connectivity index (χ0) is 17.8. The topological polar surface area (TPSA) is 84.9 Å². The van der Waals surface area contributed by atoms with Crippen LogP contribution >= 0.6 is 0 Å². The number of ether oxygens (including phenoxy) is 2. The summed E-state index contributed by atoms with van der Waals surface area (Å²) in [5, 5.41) is 2.72. The SMILES string of the molecule is COc1ccc(NC(=O)CN2C(=O)COc3ccc(C=O)cc32)cc1. The molecule has 7 nitrogen and oxygen atoms in total. The molecule has 3 rings (SSSR count). The van der Waals surface area contributed by atoms with Gasteiger partial charge in [-0.25, -0.2) is 0 Å². The smallest absolute Gasteiger partial charge is 0.265 e. The van der Waals surface area contributed by atoms with Crippen molar-refractivity contribution in [3.8, 4) is 11.5 Å². The first-order valence-corrected chi connectivity index (χ1v) is 7.57. The molecule has 0 radical (unpaired) electrons. The fourth-order valence-electron chi connectivity index (χ4n) is 2.48. The Balaban J connectivity index is 1.76. The molecular formula is C18H16N2O5. The van der Waals surface area contributed by atoms with Crippen LogP contribution in [-0.2, 0) is 9.59 Å². The van der Waals surface area contributed by atoms with Gasteiger partial charge in [0.1, 0.15) is 24.3 Å². The fourth-order valence-corrected chi connectivity index (χ4v) is 2.48. The van der Waals surface area contributed by atoms with Crippen LogP contribution in [0, 0.1) is 0 Å². The van der Waals surface area contributed by atoms with E-state index in [-0.39, 0.29) is 25.0 Å². The van der Waals surface area contributed by atoms with Gasteiger partial charge in [-0.15, -0.1) is 0 Å². The maximum absolute atomic E-state index is 12.3. The largest absolute Gasteiger partial charge is 0.497 e. The van der Waals surface area contributed by atoms with Crippen molar-refractivity contribution in [3.05, 3.63) is 48.0 Å². The number of rotatable bonds is 5. The van der Waals surface area contributed by atoms with Gasteiger partial charge in [-0.3, -0.25) is 19.3 Å². The molecule has 25 heavy (non-hydrogen) atoms. The van der Waals surface area contributed by atoms with Crippen LogP contribution in [0.15, 0.2) is 42.5 Å². The van der Waals surface area contributed by atoms with Gasteiger partial charge in [0.15, 0.2) is 6.61 Å². The number of methoxy groups -OCH3 is 1. The van der Waals surface area contributed by atoms with E-state index in [1.807, 2.05) is 0 Å². The Bertz CT molecular complexity index is 817. The van der Waals surface area contributed by atoms with Gasteiger partial charge in [0.05, 0.1) is 12.8 Å². The Morgan fingerprint density at radius 3 is 2.72 bits per heavy atom. The van der Waals surface area contributed by atoms with E-state index >= 15 is 0 Å². The van der Waals surface area contributed by atoms with Gasteiger partial charge in [0.2, 0.25) is 5.91 Å². The number of aldehydes is 1. The van der Waals surface area contributed by atoms with Crippen LogP contribution in [0.5, 0.6) is 11.5 Å². The van der Waals surface area contributed by atoms with Gasteiger partial charge < -0.3 is 14.8 Å². The summed E-state index contributed by atoms with van der Waals surface area (Å²) in [6, 6.07) is 11.6. The highest BCUT2D eigenvalue weighted by Gasteiger charge is 2.27. The Labute approximate surface area is 144 Å². The lowest BCUT2D eigenvalue weighted by atomic mass is 10.1. The van der Waals surface area contributed by atoms with E-state index in [1.165, 1.54) is 11.0 Å². The minimum absolute atomic E-state index is 0.150. The van der Waals surface area contributed by atoms with Crippen LogP contribution in [0.4, 0.5) is 11.4 Å². The van der Waals surface area contributed by atoms with Gasteiger partial charge in [-0.1, -0.05) is 0 Å². The second kappa shape index (κ2) is 7.04. The zero-order valence-electron chi connectivity index (χ0n) is 13.5. The zero-order valence-corrected chi connectivity index (χ0v) is 13.5. The van der Waals surface area contributed by atoms with Crippen molar-refractivity contribution in [1.29, 1.82) is 0 Å². The number of carbonyl (C=O) groups is 3. The first kappa shape index (κ1) is 16.5. The van der Waals surface area contributed by atoms with E-state index in [0.29, 0.717) is 34.7 Å². The van der Waals surface area contributed by atoms with E-state index in [2.05, 4.69) is 5.32 Å². The molecule has 0 aromatic heterocycles. The Morgan fingerprint density at radius 2 is 2.04 bits per heavy atom. The van der Waals surface area contributed by atoms with E-state index in [4.69, 9.17) is 9.47 Å². The molecule has 7 heteroatoms. The number of benzene rings is 2. The maximum atomic E-state index is 12.3. The number of nitrogens with zero attached hydrogens (tertiary/aromatic N) is 1. The number of anilines is 2. The van der Waals surface area contributed by atoms with Crippen molar-refractivity contribution in [2.75, 3.05) is 30.5 Å². The summed E-state index contributed by atoms with van der Waals surface area (Å²) in [5.74, 6) is 0.433. The molecule has 1 aliphatic rings. The highest BCUT2D eigenvalue weighted by Crippen LogP contribution is 2.32. The number of amides is 2. The molecule has 0 bridgehead atoms. The number of hydrogen-bond donors (Lipinski definition) is 1. The number of nitrogens with one attached hydrogen (secondary N) is 1. The van der Waals surface area contributed by atoms with E-state index in [0.717, 1.165) is 0 Å². The average molecular weight is 340 g/mol. The third-order valence-electron chi connectivity index (χ3n) is 3.74. The summed E-state index contributed by atoms with van der Waals surface area (Å²) < 4.78 is 10.4. The summed E-state index contributed by atoms with van der Waals surface area (Å²) in [4.78, 5) is 36.7. The van der Waals surface area contributed by atoms with Crippen molar-refractivity contribution in [3.63, 3.8) is 0 Å². The molecule has 0 aliphatic carbocycles. The quantitative estimate of drug-likeness (QED) is 0.840. The molecule has 0 spiro atoms. The normalized spacial score (nSPS) is 12.8. The summed E-state index contributed by atoms with van der Waals surface area (Å²) in [5.41, 5.74) is 1.40. The third-order valence-corrected chi connectivity index (χ3v) is 3.74. The lowest BCUT2D eigenvalue weighted by Gasteiger charge is -2.29. The molecule has 1 aliphatic heterocycles. The van der Waals surface area contributed by atoms with E-state index in [1.54, 1.807) is 43.5 Å². The standard InChI is InChI=1S/C18H16N2O5/c1-24-14-5-3-13(4-6-14)19-17(22)9-20-15-8-12(10-21)2-7-16(15)25-11-18(20)23/h2-8,10H,9,11H2,1H3,(H,19,22). The van der Waals surface area contributed by atoms with Crippen LogP contribution in [0.3, 0.4) is 0 Å². The third kappa shape index (κ3) is 3.60. The monoisotopic (exact) mass is 340 g/mol. The molecule has 2 amide bonds. The first-order valence-electron chi connectivity index (χ1n) is 7.57. The fraction of sp³-hybridized carbons (Fsp3) is 0.167. The highest BCUT2D eigenvalue weighted by atomic mass is 16.5. The lowest BCUT2D eigenvalue weighted by molar-refractivity contribution is -0.123. The molecule has 0 saturated heterocycles. The molecule has 0 saturated carbocycles. The van der Waals surface area contributed by atoms with Crippen molar-refractivity contribution in [2.45, 2.75) is 0 Å². The molecule has 0 unspecified atom stereocenters. The minimum atomic E-state index is -0.358. The summed E-state index contributed by atoms with van der Waals surface area (Å²) in [7, 11) is 1.56. The summed E-state index contributed by atoms with van der Waals surface area (Å²) >= 11 is 0. The van der Waals surface area contributed by atoms with Crippen molar-refractivity contribution in [2.24, 2.45) is 0 Å². The molecule has 1 N–H and O–H groups in total. The van der Waals surface area contributed by atoms with Gasteiger partial charge in [0, 0.05) is 11.3 Å². The van der Waals surface area contributed by atoms with Crippen LogP contribution in [0.2, 0.25) is 0 Å². The first-order chi connectivity index (χ1) is 12.1. The van der Waals surface area contributed by atoms with Crippen molar-refractivity contribution < 1.29 is 23.9 Å². The Hall–Kier alpha value is -3.35. The minimum Gasteiger partial charge on any atom is -0.497 e. The molecule has 2 aromatic carbocycles. The molecular weight excluding hydrogens is 324 g/mol. The van der Waals surface area contributed by atoms with Gasteiger partial charge >= 0.3 is 0 Å². The Morgan fingerprint density at radius 1 is 1.28 bits per heavy atom. The second-order valence-corrected chi connectivity index (χ2v) is 5.39. The van der Waals surface area contributed by atoms with Crippen LogP contribution in [-0.4, -0.2) is 38.4 Å². The highest BCUT2D eigenvalue weighted by molar-refractivity contribution is 6.05. The molecule has 0 fully saturated rings. The molecule has 1 heterocycles. The predicted molar refractivity (Wildman–Crippen MR) is 91.3 cm³/mol. The van der Waals surface area contributed by atoms with Crippen molar-refractivity contribution in [1.82, 2.24) is 0 Å². The lowest BCUT2D eigenvalue weighted by Crippen LogP contribution is -2.43. The summed E-state index contributed by atoms with van der Waals surface area (Å²) in [6.07, 6.45) is 0.676. The van der Waals surface area contributed by atoms with Crippen molar-refractivity contribution >= 4 is 29.5 Å².